The van der Waals surface area contributed by atoms with Crippen LogP contribution in [0.4, 0.5) is 5.82 Å². The summed E-state index contributed by atoms with van der Waals surface area (Å²) < 4.78 is 0.922. The van der Waals surface area contributed by atoms with Crippen LogP contribution in [-0.4, -0.2) is 10.9 Å². The molecule has 0 aliphatic heterocycles. The van der Waals surface area contributed by atoms with Crippen molar-refractivity contribution < 1.29 is 4.79 Å². The number of halogens is 1. The number of anilines is 1. The minimum absolute atomic E-state index is 0.192. The van der Waals surface area contributed by atoms with E-state index in [-0.39, 0.29) is 5.91 Å². The molecule has 1 aromatic carbocycles. The van der Waals surface area contributed by atoms with E-state index < -0.39 is 0 Å². The second kappa shape index (κ2) is 7.36. The van der Waals surface area contributed by atoms with Gasteiger partial charge in [0.05, 0.1) is 0 Å². The first-order valence-electron chi connectivity index (χ1n) is 7.17. The van der Waals surface area contributed by atoms with Gasteiger partial charge in [-0.25, -0.2) is 4.98 Å². The van der Waals surface area contributed by atoms with Gasteiger partial charge in [0.25, 0.3) is 0 Å². The molecule has 3 nitrogen and oxygen atoms in total. The number of amides is 1. The van der Waals surface area contributed by atoms with Gasteiger partial charge < -0.3 is 5.32 Å². The van der Waals surface area contributed by atoms with Crippen LogP contribution < -0.4 is 5.32 Å². The molecule has 0 atom stereocenters. The number of rotatable bonds is 4. The van der Waals surface area contributed by atoms with E-state index in [0.717, 1.165) is 15.6 Å². The van der Waals surface area contributed by atoms with E-state index in [9.17, 15) is 4.79 Å². The van der Waals surface area contributed by atoms with E-state index in [1.807, 2.05) is 25.1 Å². The fourth-order valence-electron chi connectivity index (χ4n) is 1.94. The smallest absolute Gasteiger partial charge is 0.249 e. The number of aryl methyl sites for hydroxylation is 1. The Balaban J connectivity index is 2.00. The minimum atomic E-state index is -0.192. The Labute approximate surface area is 139 Å². The molecule has 1 amide bonds. The highest BCUT2D eigenvalue weighted by Gasteiger charge is 2.02. The van der Waals surface area contributed by atoms with E-state index >= 15 is 0 Å². The third kappa shape index (κ3) is 4.53. The summed E-state index contributed by atoms with van der Waals surface area (Å²) in [7, 11) is 0. The summed E-state index contributed by atoms with van der Waals surface area (Å²) in [5.41, 5.74) is 3.31. The molecule has 2 rings (SSSR count). The summed E-state index contributed by atoms with van der Waals surface area (Å²) in [5, 5.41) is 2.75. The number of nitrogens with one attached hydrogen (secondary N) is 1. The zero-order valence-electron chi connectivity index (χ0n) is 12.9. The molecule has 4 heteroatoms. The molecule has 1 aromatic heterocycles. The second-order valence-electron chi connectivity index (χ2n) is 5.46. The summed E-state index contributed by atoms with van der Waals surface area (Å²) >= 11 is 3.38. The molecule has 0 unspecified atom stereocenters. The number of pyridine rings is 1. The van der Waals surface area contributed by atoms with Crippen molar-refractivity contribution in [2.75, 3.05) is 5.32 Å². The molecule has 114 valence electrons. The topological polar surface area (TPSA) is 42.0 Å². The Morgan fingerprint density at radius 3 is 2.55 bits per heavy atom. The highest BCUT2D eigenvalue weighted by molar-refractivity contribution is 9.10. The van der Waals surface area contributed by atoms with Crippen LogP contribution in [0.25, 0.3) is 6.08 Å². The summed E-state index contributed by atoms with van der Waals surface area (Å²) in [6, 6.07) is 10.0. The van der Waals surface area contributed by atoms with Crippen molar-refractivity contribution in [1.82, 2.24) is 4.98 Å². The van der Waals surface area contributed by atoms with Crippen molar-refractivity contribution in [2.45, 2.75) is 26.7 Å². The van der Waals surface area contributed by atoms with E-state index in [1.54, 1.807) is 12.3 Å². The van der Waals surface area contributed by atoms with Crippen molar-refractivity contribution in [3.8, 4) is 0 Å². The predicted octanol–water partition coefficient (Wildman–Crippen LogP) is 4.93. The highest BCUT2D eigenvalue weighted by atomic mass is 79.9. The van der Waals surface area contributed by atoms with Crippen LogP contribution in [0.2, 0.25) is 0 Å². The maximum absolute atomic E-state index is 11.9. The normalized spacial score (nSPS) is 11.1. The average molecular weight is 359 g/mol. The zero-order chi connectivity index (χ0) is 16.1. The second-order valence-corrected chi connectivity index (χ2v) is 6.32. The highest BCUT2D eigenvalue weighted by Crippen LogP contribution is 2.17. The third-order valence-electron chi connectivity index (χ3n) is 3.33. The van der Waals surface area contributed by atoms with Crippen molar-refractivity contribution >= 4 is 33.7 Å². The lowest BCUT2D eigenvalue weighted by molar-refractivity contribution is -0.111. The Morgan fingerprint density at radius 1 is 1.27 bits per heavy atom. The molecular formula is C18H19BrN2O. The lowest BCUT2D eigenvalue weighted by Gasteiger charge is -2.05. The first kappa shape index (κ1) is 16.4. The molecule has 0 radical (unpaired) electrons. The summed E-state index contributed by atoms with van der Waals surface area (Å²) in [6.07, 6.45) is 4.99. The molecule has 0 aliphatic carbocycles. The Hall–Kier alpha value is -1.94. The molecule has 0 aliphatic rings. The molecule has 0 saturated carbocycles. The van der Waals surface area contributed by atoms with Crippen LogP contribution in [0.5, 0.6) is 0 Å². The lowest BCUT2D eigenvalue weighted by Crippen LogP contribution is -2.09. The zero-order valence-corrected chi connectivity index (χ0v) is 14.5. The Kier molecular flexibility index (Phi) is 5.50. The van der Waals surface area contributed by atoms with Crippen molar-refractivity contribution in [2.24, 2.45) is 0 Å². The van der Waals surface area contributed by atoms with Gasteiger partial charge in [0.15, 0.2) is 0 Å². The predicted molar refractivity (Wildman–Crippen MR) is 94.9 cm³/mol. The van der Waals surface area contributed by atoms with Crippen molar-refractivity contribution in [1.29, 1.82) is 0 Å². The maximum atomic E-state index is 11.9. The van der Waals surface area contributed by atoms with Gasteiger partial charge in [-0.2, -0.15) is 0 Å². The first-order valence-corrected chi connectivity index (χ1v) is 7.96. The Bertz CT molecular complexity index is 691. The molecule has 0 bridgehead atoms. The molecule has 1 N–H and O–H groups in total. The van der Waals surface area contributed by atoms with Gasteiger partial charge in [0.2, 0.25) is 5.91 Å². The fourth-order valence-corrected chi connectivity index (χ4v) is 2.16. The van der Waals surface area contributed by atoms with Crippen LogP contribution in [0.3, 0.4) is 0 Å². The van der Waals surface area contributed by atoms with Crippen molar-refractivity contribution in [3.63, 3.8) is 0 Å². The number of carbonyl (C=O) groups excluding carboxylic acids is 1. The lowest BCUT2D eigenvalue weighted by atomic mass is 10.0. The first-order chi connectivity index (χ1) is 10.5. The summed E-state index contributed by atoms with van der Waals surface area (Å²) in [4.78, 5) is 16.1. The quantitative estimate of drug-likeness (QED) is 0.787. The molecule has 0 spiro atoms. The number of aromatic nitrogens is 1. The molecular weight excluding hydrogens is 340 g/mol. The number of carbonyl (C=O) groups is 1. The molecule has 1 heterocycles. The van der Waals surface area contributed by atoms with Gasteiger partial charge in [-0.05, 0) is 57.6 Å². The maximum Gasteiger partial charge on any atom is 0.249 e. The molecule has 22 heavy (non-hydrogen) atoms. The van der Waals surface area contributed by atoms with Gasteiger partial charge in [-0.15, -0.1) is 0 Å². The summed E-state index contributed by atoms with van der Waals surface area (Å²) in [5.74, 6) is 0.862. The molecule has 0 fully saturated rings. The SMILES string of the molecule is Cc1cc(NC(=O)/C=C/c2ccc(C(C)C)cc2)ncc1Br. The number of hydrogen-bond acceptors (Lipinski definition) is 2. The van der Waals surface area contributed by atoms with E-state index in [0.29, 0.717) is 11.7 Å². The number of nitrogens with zero attached hydrogens (tertiary/aromatic N) is 1. The van der Waals surface area contributed by atoms with Gasteiger partial charge in [-0.1, -0.05) is 38.1 Å². The van der Waals surface area contributed by atoms with E-state index in [1.165, 1.54) is 11.6 Å². The standard InChI is InChI=1S/C18H19BrN2O/c1-12(2)15-7-4-14(5-8-15)6-9-18(22)21-17-10-13(3)16(19)11-20-17/h4-12H,1-3H3,(H,20,21,22)/b9-6+. The molecule has 2 aromatic rings. The number of benzene rings is 1. The van der Waals surface area contributed by atoms with Crippen LogP contribution in [-0.2, 0) is 4.79 Å². The van der Waals surface area contributed by atoms with Crippen LogP contribution >= 0.6 is 15.9 Å². The van der Waals surface area contributed by atoms with Crippen LogP contribution in [0.1, 0.15) is 36.5 Å². The molecule has 0 saturated heterocycles. The largest absolute Gasteiger partial charge is 0.307 e. The minimum Gasteiger partial charge on any atom is -0.307 e. The van der Waals surface area contributed by atoms with Gasteiger partial charge in [-0.3, -0.25) is 4.79 Å². The third-order valence-corrected chi connectivity index (χ3v) is 4.16. The van der Waals surface area contributed by atoms with Gasteiger partial charge >= 0.3 is 0 Å². The number of hydrogen-bond donors (Lipinski definition) is 1. The summed E-state index contributed by atoms with van der Waals surface area (Å²) in [6.45, 7) is 6.27. The van der Waals surface area contributed by atoms with Crippen LogP contribution in [0, 0.1) is 6.92 Å². The monoisotopic (exact) mass is 358 g/mol. The van der Waals surface area contributed by atoms with E-state index in [4.69, 9.17) is 0 Å². The van der Waals surface area contributed by atoms with Crippen molar-refractivity contribution in [3.05, 3.63) is 63.8 Å². The van der Waals surface area contributed by atoms with E-state index in [2.05, 4.69) is 52.2 Å². The fraction of sp³-hybridized carbons (Fsp3) is 0.222. The van der Waals surface area contributed by atoms with Gasteiger partial charge in [0.1, 0.15) is 5.82 Å². The van der Waals surface area contributed by atoms with Crippen LogP contribution in [0.15, 0.2) is 47.1 Å². The van der Waals surface area contributed by atoms with Gasteiger partial charge in [0, 0.05) is 16.7 Å². The average Bonchev–Trinajstić information content (AvgIpc) is 2.49. The Morgan fingerprint density at radius 2 is 1.95 bits per heavy atom.